The van der Waals surface area contributed by atoms with Crippen molar-refractivity contribution in [3.05, 3.63) is 29.8 Å². The molecule has 106 valence electrons. The number of nitrogens with one attached hydrogen (secondary N) is 2. The first-order valence-corrected chi connectivity index (χ1v) is 5.70. The summed E-state index contributed by atoms with van der Waals surface area (Å²) in [6.07, 6.45) is -0.361. The molecule has 1 atom stereocenters. The predicted molar refractivity (Wildman–Crippen MR) is 65.9 cm³/mol. The highest BCUT2D eigenvalue weighted by Gasteiger charge is 2.08. The first-order valence-electron chi connectivity index (χ1n) is 5.70. The number of aliphatic hydroxyl groups is 1. The molecule has 7 heteroatoms. The van der Waals surface area contributed by atoms with Crippen molar-refractivity contribution in [2.45, 2.75) is 12.5 Å². The van der Waals surface area contributed by atoms with Crippen LogP contribution in [0.25, 0.3) is 0 Å². The van der Waals surface area contributed by atoms with E-state index in [1.165, 1.54) is 7.11 Å². The summed E-state index contributed by atoms with van der Waals surface area (Å²) in [5.74, 6) is -1.57. The third-order valence-electron chi connectivity index (χ3n) is 2.30. The van der Waals surface area contributed by atoms with Crippen LogP contribution in [0.5, 0.6) is 0 Å². The van der Waals surface area contributed by atoms with Crippen LogP contribution in [0, 0.1) is 11.6 Å². The fraction of sp³-hybridized carbons (Fsp3) is 0.417. The Hall–Kier alpha value is -1.73. The van der Waals surface area contributed by atoms with E-state index in [9.17, 15) is 18.7 Å². The zero-order chi connectivity index (χ0) is 14.3. The van der Waals surface area contributed by atoms with Gasteiger partial charge in [0.2, 0.25) is 0 Å². The lowest BCUT2D eigenvalue weighted by Gasteiger charge is -2.11. The number of aliphatic hydroxyl groups excluding tert-OH is 1. The number of ether oxygens (including phenoxy) is 1. The minimum Gasteiger partial charge on any atom is -0.391 e. The molecular weight excluding hydrogens is 258 g/mol. The lowest BCUT2D eigenvalue weighted by molar-refractivity contribution is 0.0599. The predicted octanol–water partition coefficient (Wildman–Crippen LogP) is 1.48. The van der Waals surface area contributed by atoms with Crippen LogP contribution in [0.15, 0.2) is 18.2 Å². The summed E-state index contributed by atoms with van der Waals surface area (Å²) in [6.45, 7) is 0.384. The molecule has 3 N–H and O–H groups in total. The maximum absolute atomic E-state index is 13.2. The van der Waals surface area contributed by atoms with Gasteiger partial charge in [0.15, 0.2) is 0 Å². The maximum Gasteiger partial charge on any atom is 0.319 e. The number of benzene rings is 1. The van der Waals surface area contributed by atoms with Gasteiger partial charge in [-0.05, 0) is 18.6 Å². The van der Waals surface area contributed by atoms with Crippen molar-refractivity contribution in [3.63, 3.8) is 0 Å². The molecule has 0 bridgehead atoms. The summed E-state index contributed by atoms with van der Waals surface area (Å²) in [5.41, 5.74) is -0.115. The lowest BCUT2D eigenvalue weighted by Crippen LogP contribution is -2.32. The zero-order valence-corrected chi connectivity index (χ0v) is 10.5. The van der Waals surface area contributed by atoms with Crippen molar-refractivity contribution in [2.75, 3.05) is 25.6 Å². The van der Waals surface area contributed by atoms with E-state index in [4.69, 9.17) is 4.74 Å². The van der Waals surface area contributed by atoms with Crippen molar-refractivity contribution < 1.29 is 23.4 Å². The van der Waals surface area contributed by atoms with E-state index in [0.717, 1.165) is 12.1 Å². The standard InChI is InChI=1S/C12H16F2N2O3/c1-19-7-9(17)4-5-15-12(18)16-11-3-2-8(13)6-10(11)14/h2-3,6,9,17H,4-5,7H2,1H3,(H2,15,16,18). The van der Waals surface area contributed by atoms with Crippen molar-refractivity contribution in [3.8, 4) is 0 Å². The highest BCUT2D eigenvalue weighted by Crippen LogP contribution is 2.14. The highest BCUT2D eigenvalue weighted by atomic mass is 19.1. The second kappa shape index (κ2) is 7.65. The average Bonchev–Trinajstić information content (AvgIpc) is 2.33. The van der Waals surface area contributed by atoms with Gasteiger partial charge in [-0.25, -0.2) is 13.6 Å². The second-order valence-corrected chi connectivity index (χ2v) is 3.90. The molecule has 0 aromatic heterocycles. The molecule has 1 aromatic rings. The number of hydrogen-bond donors (Lipinski definition) is 3. The normalized spacial score (nSPS) is 12.0. The van der Waals surface area contributed by atoms with Gasteiger partial charge in [-0.1, -0.05) is 0 Å². The van der Waals surface area contributed by atoms with E-state index in [2.05, 4.69) is 10.6 Å². The number of amides is 2. The summed E-state index contributed by atoms with van der Waals surface area (Å²) in [7, 11) is 1.46. The molecule has 0 fully saturated rings. The van der Waals surface area contributed by atoms with Crippen LogP contribution in [0.4, 0.5) is 19.3 Å². The molecule has 0 heterocycles. The molecule has 0 saturated heterocycles. The Morgan fingerprint density at radius 1 is 1.47 bits per heavy atom. The third kappa shape index (κ3) is 5.62. The van der Waals surface area contributed by atoms with Crippen LogP contribution >= 0.6 is 0 Å². The second-order valence-electron chi connectivity index (χ2n) is 3.90. The van der Waals surface area contributed by atoms with E-state index in [0.29, 0.717) is 12.5 Å². The number of halogens is 2. The molecule has 0 aliphatic heterocycles. The van der Waals surface area contributed by atoms with Crippen LogP contribution in [-0.2, 0) is 4.74 Å². The molecule has 0 aliphatic rings. The molecule has 0 aliphatic carbocycles. The smallest absolute Gasteiger partial charge is 0.319 e. The van der Waals surface area contributed by atoms with E-state index >= 15 is 0 Å². The van der Waals surface area contributed by atoms with E-state index in [1.807, 2.05) is 0 Å². The molecule has 1 aromatic carbocycles. The summed E-state index contributed by atoms with van der Waals surface area (Å²) in [6, 6.07) is 2.22. The highest BCUT2D eigenvalue weighted by molar-refractivity contribution is 5.89. The first-order chi connectivity index (χ1) is 9.02. The Balaban J connectivity index is 2.35. The van der Waals surface area contributed by atoms with Gasteiger partial charge in [0.25, 0.3) is 0 Å². The number of methoxy groups -OCH3 is 1. The van der Waals surface area contributed by atoms with Crippen molar-refractivity contribution >= 4 is 11.7 Å². The van der Waals surface area contributed by atoms with Crippen LogP contribution in [-0.4, -0.2) is 37.5 Å². The Morgan fingerprint density at radius 2 is 2.21 bits per heavy atom. The Morgan fingerprint density at radius 3 is 2.84 bits per heavy atom. The maximum atomic E-state index is 13.2. The Kier molecular flexibility index (Phi) is 6.17. The number of anilines is 1. The van der Waals surface area contributed by atoms with Crippen LogP contribution in [0.1, 0.15) is 6.42 Å². The minimum atomic E-state index is -0.852. The average molecular weight is 274 g/mol. The number of carbonyl (C=O) groups excluding carboxylic acids is 1. The van der Waals surface area contributed by atoms with Crippen molar-refractivity contribution in [1.82, 2.24) is 5.32 Å². The number of carbonyl (C=O) groups is 1. The molecule has 0 radical (unpaired) electrons. The van der Waals surface area contributed by atoms with Gasteiger partial charge < -0.3 is 20.5 Å². The monoisotopic (exact) mass is 274 g/mol. The molecular formula is C12H16F2N2O3. The minimum absolute atomic E-state index is 0.115. The lowest BCUT2D eigenvalue weighted by atomic mass is 10.2. The molecule has 1 rings (SSSR count). The first kappa shape index (κ1) is 15.3. The zero-order valence-electron chi connectivity index (χ0n) is 10.5. The molecule has 19 heavy (non-hydrogen) atoms. The quantitative estimate of drug-likeness (QED) is 0.736. The van der Waals surface area contributed by atoms with Gasteiger partial charge in [0, 0.05) is 19.7 Å². The fourth-order valence-electron chi connectivity index (χ4n) is 1.39. The van der Waals surface area contributed by atoms with Crippen molar-refractivity contribution in [2.24, 2.45) is 0 Å². The molecule has 2 amide bonds. The van der Waals surface area contributed by atoms with Crippen LogP contribution < -0.4 is 10.6 Å². The van der Waals surface area contributed by atoms with Gasteiger partial charge in [-0.15, -0.1) is 0 Å². The Labute approximate surface area is 109 Å². The summed E-state index contributed by atoms with van der Waals surface area (Å²) in [5, 5.41) is 14.0. The van der Waals surface area contributed by atoms with Crippen molar-refractivity contribution in [1.29, 1.82) is 0 Å². The van der Waals surface area contributed by atoms with Gasteiger partial charge in [-0.2, -0.15) is 0 Å². The third-order valence-corrected chi connectivity index (χ3v) is 2.30. The van der Waals surface area contributed by atoms with E-state index in [1.54, 1.807) is 0 Å². The van der Waals surface area contributed by atoms with Gasteiger partial charge in [0.05, 0.1) is 18.4 Å². The summed E-state index contributed by atoms with van der Waals surface area (Å²) >= 11 is 0. The van der Waals surface area contributed by atoms with Gasteiger partial charge in [-0.3, -0.25) is 0 Å². The molecule has 0 spiro atoms. The van der Waals surface area contributed by atoms with Crippen LogP contribution in [0.2, 0.25) is 0 Å². The molecule has 1 unspecified atom stereocenters. The number of rotatable bonds is 6. The number of urea groups is 1. The molecule has 0 saturated carbocycles. The number of hydrogen-bond acceptors (Lipinski definition) is 3. The SMILES string of the molecule is COCC(O)CCNC(=O)Nc1ccc(F)cc1F. The van der Waals surface area contributed by atoms with E-state index in [-0.39, 0.29) is 18.8 Å². The van der Waals surface area contributed by atoms with Gasteiger partial charge in [0.1, 0.15) is 11.6 Å². The van der Waals surface area contributed by atoms with Crippen LogP contribution in [0.3, 0.4) is 0 Å². The van der Waals surface area contributed by atoms with Gasteiger partial charge >= 0.3 is 6.03 Å². The largest absolute Gasteiger partial charge is 0.391 e. The Bertz CT molecular complexity index is 429. The summed E-state index contributed by atoms with van der Waals surface area (Å²) in [4.78, 5) is 11.4. The molecule has 5 nitrogen and oxygen atoms in total. The summed E-state index contributed by atoms with van der Waals surface area (Å²) < 4.78 is 30.6. The van der Waals surface area contributed by atoms with E-state index < -0.39 is 23.8 Å². The fourth-order valence-corrected chi connectivity index (χ4v) is 1.39. The topological polar surface area (TPSA) is 70.6 Å².